The number of pyridine rings is 2. The standard InChI is InChI=1S/C25H24N6O2/c1-15(32)19(26)14-29-25(33)16-7-8-17-18(9-11-28-21(17)13-16)23-22-6-4-12-31(22)30-24(23)20-5-2-3-10-27-20/h2-3,5,7-11,13,19H,4,6,12,14,26H2,1H3,(H,29,33). The van der Waals surface area contributed by atoms with Crippen LogP contribution in [0, 0.1) is 0 Å². The summed E-state index contributed by atoms with van der Waals surface area (Å²) in [6.45, 7) is 2.39. The van der Waals surface area contributed by atoms with Gasteiger partial charge in [0.15, 0.2) is 0 Å². The Bertz CT molecular complexity index is 1360. The van der Waals surface area contributed by atoms with Crippen molar-refractivity contribution in [2.75, 3.05) is 6.54 Å². The largest absolute Gasteiger partial charge is 0.350 e. The van der Waals surface area contributed by atoms with Crippen molar-refractivity contribution in [2.45, 2.75) is 32.4 Å². The fraction of sp³-hybridized carbons (Fsp3) is 0.240. The average molecular weight is 441 g/mol. The van der Waals surface area contributed by atoms with Crippen molar-refractivity contribution in [3.05, 3.63) is 66.1 Å². The summed E-state index contributed by atoms with van der Waals surface area (Å²) in [5.41, 5.74) is 11.9. The molecular formula is C25H24N6O2. The molecule has 1 atom stereocenters. The van der Waals surface area contributed by atoms with E-state index in [1.807, 2.05) is 30.3 Å². The summed E-state index contributed by atoms with van der Waals surface area (Å²) in [5.74, 6) is -0.459. The van der Waals surface area contributed by atoms with E-state index in [1.54, 1.807) is 24.5 Å². The van der Waals surface area contributed by atoms with E-state index in [9.17, 15) is 9.59 Å². The van der Waals surface area contributed by atoms with E-state index < -0.39 is 6.04 Å². The lowest BCUT2D eigenvalue weighted by Gasteiger charge is -2.11. The third-order valence-electron chi connectivity index (χ3n) is 6.03. The molecule has 3 aromatic heterocycles. The van der Waals surface area contributed by atoms with Crippen molar-refractivity contribution in [1.82, 2.24) is 25.1 Å². The summed E-state index contributed by atoms with van der Waals surface area (Å²) in [6.07, 6.45) is 5.55. The minimum absolute atomic E-state index is 0.0929. The molecule has 4 aromatic rings. The number of carbonyl (C=O) groups excluding carboxylic acids is 2. The Hall–Kier alpha value is -3.91. The molecule has 1 aliphatic rings. The number of carbonyl (C=O) groups is 2. The third kappa shape index (κ3) is 3.89. The molecule has 5 rings (SSSR count). The first-order chi connectivity index (χ1) is 16.0. The number of ketones is 1. The number of aromatic nitrogens is 4. The Morgan fingerprint density at radius 3 is 2.82 bits per heavy atom. The minimum Gasteiger partial charge on any atom is -0.350 e. The number of rotatable bonds is 6. The molecule has 0 bridgehead atoms. The first-order valence-electron chi connectivity index (χ1n) is 11.0. The molecule has 1 unspecified atom stereocenters. The monoisotopic (exact) mass is 440 g/mol. The van der Waals surface area contributed by atoms with Crippen LogP contribution in [-0.4, -0.2) is 44.0 Å². The van der Waals surface area contributed by atoms with Gasteiger partial charge in [0.1, 0.15) is 11.5 Å². The van der Waals surface area contributed by atoms with Gasteiger partial charge in [-0.2, -0.15) is 5.10 Å². The number of nitrogens with two attached hydrogens (primary N) is 1. The second kappa shape index (κ2) is 8.55. The molecule has 0 radical (unpaired) electrons. The zero-order valence-corrected chi connectivity index (χ0v) is 18.3. The van der Waals surface area contributed by atoms with Crippen LogP contribution in [0.15, 0.2) is 54.9 Å². The number of hydrogen-bond acceptors (Lipinski definition) is 6. The van der Waals surface area contributed by atoms with Crippen LogP contribution >= 0.6 is 0 Å². The van der Waals surface area contributed by atoms with Gasteiger partial charge in [0.05, 0.1) is 17.3 Å². The minimum atomic E-state index is -0.714. The Morgan fingerprint density at radius 2 is 2.03 bits per heavy atom. The summed E-state index contributed by atoms with van der Waals surface area (Å²) in [6, 6.07) is 12.6. The lowest BCUT2D eigenvalue weighted by atomic mass is 9.96. The lowest BCUT2D eigenvalue weighted by Crippen LogP contribution is -2.41. The maximum absolute atomic E-state index is 12.6. The Morgan fingerprint density at radius 1 is 1.15 bits per heavy atom. The fourth-order valence-corrected chi connectivity index (χ4v) is 4.25. The van der Waals surface area contributed by atoms with Crippen LogP contribution in [0.1, 0.15) is 29.4 Å². The van der Waals surface area contributed by atoms with Gasteiger partial charge in [-0.15, -0.1) is 0 Å². The topological polar surface area (TPSA) is 116 Å². The molecule has 1 amide bonds. The number of nitrogens with zero attached hydrogens (tertiary/aromatic N) is 4. The number of hydrogen-bond donors (Lipinski definition) is 2. The molecule has 8 nitrogen and oxygen atoms in total. The van der Waals surface area contributed by atoms with Gasteiger partial charge in [0.25, 0.3) is 5.91 Å². The van der Waals surface area contributed by atoms with Crippen LogP contribution in [0.25, 0.3) is 33.4 Å². The number of benzene rings is 1. The maximum atomic E-state index is 12.6. The number of amides is 1. The number of fused-ring (bicyclic) bond motifs is 2. The Balaban J connectivity index is 1.56. The highest BCUT2D eigenvalue weighted by Crippen LogP contribution is 2.39. The summed E-state index contributed by atoms with van der Waals surface area (Å²) >= 11 is 0. The van der Waals surface area contributed by atoms with E-state index in [0.29, 0.717) is 11.1 Å². The molecule has 0 aliphatic carbocycles. The van der Waals surface area contributed by atoms with Crippen molar-refractivity contribution < 1.29 is 9.59 Å². The van der Waals surface area contributed by atoms with Gasteiger partial charge < -0.3 is 11.1 Å². The number of Topliss-reactive ketones (excluding diaryl/α,β-unsaturated/α-hetero) is 1. The normalized spacial score (nSPS) is 13.6. The molecule has 4 heterocycles. The highest BCUT2D eigenvalue weighted by atomic mass is 16.2. The fourth-order valence-electron chi connectivity index (χ4n) is 4.25. The Kier molecular flexibility index (Phi) is 5.43. The first-order valence-corrected chi connectivity index (χ1v) is 11.0. The number of aryl methyl sites for hydroxylation is 1. The highest BCUT2D eigenvalue weighted by molar-refractivity contribution is 6.03. The van der Waals surface area contributed by atoms with E-state index in [1.165, 1.54) is 12.6 Å². The molecule has 1 aromatic carbocycles. The van der Waals surface area contributed by atoms with E-state index >= 15 is 0 Å². The van der Waals surface area contributed by atoms with E-state index in [-0.39, 0.29) is 18.2 Å². The van der Waals surface area contributed by atoms with E-state index in [0.717, 1.165) is 47.3 Å². The maximum Gasteiger partial charge on any atom is 0.251 e. The molecule has 1 aliphatic heterocycles. The molecule has 3 N–H and O–H groups in total. The Labute approximate surface area is 190 Å². The zero-order valence-electron chi connectivity index (χ0n) is 18.3. The zero-order chi connectivity index (χ0) is 22.9. The van der Waals surface area contributed by atoms with E-state index in [4.69, 9.17) is 10.8 Å². The molecule has 166 valence electrons. The lowest BCUT2D eigenvalue weighted by molar-refractivity contribution is -0.118. The average Bonchev–Trinajstić information content (AvgIpc) is 3.43. The predicted octanol–water partition coefficient (Wildman–Crippen LogP) is 2.75. The molecule has 0 saturated heterocycles. The summed E-state index contributed by atoms with van der Waals surface area (Å²) < 4.78 is 2.08. The SMILES string of the molecule is CC(=O)C(N)CNC(=O)c1ccc2c(-c3c(-c4ccccn4)nn4c3CCC4)ccnc2c1. The van der Waals surface area contributed by atoms with Crippen molar-refractivity contribution in [3.63, 3.8) is 0 Å². The van der Waals surface area contributed by atoms with Crippen LogP contribution in [0.2, 0.25) is 0 Å². The molecule has 0 spiro atoms. The third-order valence-corrected chi connectivity index (χ3v) is 6.03. The van der Waals surface area contributed by atoms with Crippen LogP contribution in [-0.2, 0) is 17.8 Å². The van der Waals surface area contributed by atoms with Crippen molar-refractivity contribution >= 4 is 22.6 Å². The van der Waals surface area contributed by atoms with Gasteiger partial charge in [0, 0.05) is 47.7 Å². The van der Waals surface area contributed by atoms with Gasteiger partial charge in [-0.05, 0) is 55.7 Å². The van der Waals surface area contributed by atoms with Gasteiger partial charge in [-0.25, -0.2) is 0 Å². The quantitative estimate of drug-likeness (QED) is 0.476. The predicted molar refractivity (Wildman–Crippen MR) is 126 cm³/mol. The van der Waals surface area contributed by atoms with Gasteiger partial charge in [0.2, 0.25) is 0 Å². The molecule has 0 saturated carbocycles. The second-order valence-corrected chi connectivity index (χ2v) is 8.23. The van der Waals surface area contributed by atoms with Crippen molar-refractivity contribution in [1.29, 1.82) is 0 Å². The molecule has 33 heavy (non-hydrogen) atoms. The van der Waals surface area contributed by atoms with Gasteiger partial charge >= 0.3 is 0 Å². The van der Waals surface area contributed by atoms with Crippen LogP contribution in [0.5, 0.6) is 0 Å². The van der Waals surface area contributed by atoms with Crippen molar-refractivity contribution in [2.24, 2.45) is 5.73 Å². The van der Waals surface area contributed by atoms with Crippen LogP contribution in [0.4, 0.5) is 0 Å². The summed E-state index contributed by atoms with van der Waals surface area (Å²) in [7, 11) is 0. The second-order valence-electron chi connectivity index (χ2n) is 8.23. The first kappa shape index (κ1) is 21.0. The highest BCUT2D eigenvalue weighted by Gasteiger charge is 2.25. The summed E-state index contributed by atoms with van der Waals surface area (Å²) in [4.78, 5) is 33.0. The van der Waals surface area contributed by atoms with Gasteiger partial charge in [-0.3, -0.25) is 24.2 Å². The number of nitrogens with one attached hydrogen (secondary N) is 1. The molecule has 8 heteroatoms. The summed E-state index contributed by atoms with van der Waals surface area (Å²) in [5, 5.41) is 8.53. The molecular weight excluding hydrogens is 416 g/mol. The molecule has 0 fully saturated rings. The smallest absolute Gasteiger partial charge is 0.251 e. The van der Waals surface area contributed by atoms with Crippen LogP contribution < -0.4 is 11.1 Å². The van der Waals surface area contributed by atoms with Crippen LogP contribution in [0.3, 0.4) is 0 Å². The van der Waals surface area contributed by atoms with Gasteiger partial charge in [-0.1, -0.05) is 12.1 Å². The van der Waals surface area contributed by atoms with Crippen molar-refractivity contribution in [3.8, 4) is 22.5 Å². The van der Waals surface area contributed by atoms with E-state index in [2.05, 4.69) is 20.0 Å².